The molecule has 0 heterocycles. The van der Waals surface area contributed by atoms with Gasteiger partial charge in [0.2, 0.25) is 0 Å². The highest BCUT2D eigenvalue weighted by atomic mass is 79.9. The number of hydrogen-bond acceptors (Lipinski definition) is 3. The van der Waals surface area contributed by atoms with Crippen LogP contribution in [0, 0.1) is 0 Å². The van der Waals surface area contributed by atoms with E-state index in [-0.39, 0.29) is 12.1 Å². The third-order valence-corrected chi connectivity index (χ3v) is 4.31. The second kappa shape index (κ2) is 7.29. The largest absolute Gasteiger partial charge is 0.496 e. The van der Waals surface area contributed by atoms with Gasteiger partial charge in [0, 0.05) is 6.04 Å². The molecular formula is C16H17Br2NO2. The molecule has 0 fully saturated rings. The van der Waals surface area contributed by atoms with Crippen LogP contribution in [0.4, 0.5) is 0 Å². The van der Waals surface area contributed by atoms with Crippen LogP contribution in [0.2, 0.25) is 0 Å². The van der Waals surface area contributed by atoms with Gasteiger partial charge in [-0.05, 0) is 56.5 Å². The predicted molar refractivity (Wildman–Crippen MR) is 91.9 cm³/mol. The van der Waals surface area contributed by atoms with Crippen LogP contribution in [0.15, 0.2) is 51.4 Å². The van der Waals surface area contributed by atoms with E-state index in [9.17, 15) is 0 Å². The SMILES string of the molecule is COc1cc(Br)c(OC(c2ccccc2)C(C)N)cc1Br. The van der Waals surface area contributed by atoms with Crippen molar-refractivity contribution < 1.29 is 9.47 Å². The van der Waals surface area contributed by atoms with Crippen molar-refractivity contribution in [2.24, 2.45) is 5.73 Å². The number of halogens is 2. The van der Waals surface area contributed by atoms with Crippen molar-refractivity contribution in [3.05, 3.63) is 57.0 Å². The van der Waals surface area contributed by atoms with Gasteiger partial charge in [0.15, 0.2) is 0 Å². The van der Waals surface area contributed by atoms with Gasteiger partial charge in [-0.25, -0.2) is 0 Å². The van der Waals surface area contributed by atoms with E-state index < -0.39 is 0 Å². The lowest BCUT2D eigenvalue weighted by Gasteiger charge is -2.24. The Balaban J connectivity index is 2.32. The minimum atomic E-state index is -0.220. The first-order valence-corrected chi connectivity index (χ1v) is 8.11. The first-order valence-electron chi connectivity index (χ1n) is 6.53. The Labute approximate surface area is 141 Å². The molecule has 0 aromatic heterocycles. The molecule has 2 rings (SSSR count). The molecular weight excluding hydrogens is 398 g/mol. The maximum absolute atomic E-state index is 6.12. The standard InChI is InChI=1S/C16H17Br2NO2/c1-10(19)16(11-6-4-3-5-7-11)21-15-9-12(17)14(20-2)8-13(15)18/h3-10,16H,19H2,1-2H3. The van der Waals surface area contributed by atoms with E-state index in [2.05, 4.69) is 31.9 Å². The minimum Gasteiger partial charge on any atom is -0.496 e. The van der Waals surface area contributed by atoms with Gasteiger partial charge in [-0.3, -0.25) is 0 Å². The molecule has 0 aliphatic heterocycles. The second-order valence-corrected chi connectivity index (χ2v) is 6.43. The summed E-state index contributed by atoms with van der Waals surface area (Å²) in [6.45, 7) is 1.93. The molecule has 2 unspecified atom stereocenters. The number of ether oxygens (including phenoxy) is 2. The van der Waals surface area contributed by atoms with E-state index >= 15 is 0 Å². The van der Waals surface area contributed by atoms with Crippen LogP contribution in [0.5, 0.6) is 11.5 Å². The van der Waals surface area contributed by atoms with E-state index in [1.165, 1.54) is 0 Å². The van der Waals surface area contributed by atoms with E-state index in [0.29, 0.717) is 5.75 Å². The summed E-state index contributed by atoms with van der Waals surface area (Å²) in [5.41, 5.74) is 7.13. The molecule has 2 aromatic rings. The lowest BCUT2D eigenvalue weighted by Crippen LogP contribution is -2.29. The van der Waals surface area contributed by atoms with Gasteiger partial charge in [0.1, 0.15) is 17.6 Å². The summed E-state index contributed by atoms with van der Waals surface area (Å²) in [5.74, 6) is 1.46. The number of nitrogens with two attached hydrogens (primary N) is 1. The maximum Gasteiger partial charge on any atom is 0.139 e. The fourth-order valence-electron chi connectivity index (χ4n) is 2.02. The highest BCUT2D eigenvalue weighted by Gasteiger charge is 2.20. The Morgan fingerprint density at radius 1 is 1.00 bits per heavy atom. The van der Waals surface area contributed by atoms with Crippen LogP contribution in [-0.4, -0.2) is 13.2 Å². The molecule has 3 nitrogen and oxygen atoms in total. The maximum atomic E-state index is 6.12. The summed E-state index contributed by atoms with van der Waals surface area (Å²) in [7, 11) is 1.63. The molecule has 0 aliphatic carbocycles. The van der Waals surface area contributed by atoms with E-state index in [4.69, 9.17) is 15.2 Å². The van der Waals surface area contributed by atoms with Crippen LogP contribution < -0.4 is 15.2 Å². The molecule has 112 valence electrons. The van der Waals surface area contributed by atoms with Crippen LogP contribution >= 0.6 is 31.9 Å². The molecule has 0 amide bonds. The normalized spacial score (nSPS) is 13.6. The Hall–Kier alpha value is -1.04. The molecule has 0 saturated carbocycles. The summed E-state index contributed by atoms with van der Waals surface area (Å²) in [6, 6.07) is 13.6. The fourth-order valence-corrected chi connectivity index (χ4v) is 2.92. The molecule has 0 bridgehead atoms. The zero-order valence-electron chi connectivity index (χ0n) is 11.8. The molecule has 2 aromatic carbocycles. The minimum absolute atomic E-state index is 0.139. The van der Waals surface area contributed by atoms with Crippen molar-refractivity contribution >= 4 is 31.9 Å². The van der Waals surface area contributed by atoms with Crippen molar-refractivity contribution in [3.63, 3.8) is 0 Å². The average Bonchev–Trinajstić information content (AvgIpc) is 2.48. The molecule has 0 spiro atoms. The van der Waals surface area contributed by atoms with Gasteiger partial charge in [-0.1, -0.05) is 30.3 Å². The number of benzene rings is 2. The van der Waals surface area contributed by atoms with E-state index in [0.717, 1.165) is 20.3 Å². The number of rotatable bonds is 5. The van der Waals surface area contributed by atoms with Gasteiger partial charge in [-0.2, -0.15) is 0 Å². The quantitative estimate of drug-likeness (QED) is 0.771. The van der Waals surface area contributed by atoms with Crippen molar-refractivity contribution in [3.8, 4) is 11.5 Å². The summed E-state index contributed by atoms with van der Waals surface area (Å²) >= 11 is 6.97. The van der Waals surface area contributed by atoms with Crippen LogP contribution in [0.1, 0.15) is 18.6 Å². The first kappa shape index (κ1) is 16.3. The first-order chi connectivity index (χ1) is 10.0. The van der Waals surface area contributed by atoms with Crippen LogP contribution in [0.3, 0.4) is 0 Å². The summed E-state index contributed by atoms with van der Waals surface area (Å²) in [4.78, 5) is 0. The number of methoxy groups -OCH3 is 1. The number of hydrogen-bond donors (Lipinski definition) is 1. The Morgan fingerprint density at radius 3 is 2.14 bits per heavy atom. The summed E-state index contributed by atoms with van der Waals surface area (Å²) < 4.78 is 13.0. The smallest absolute Gasteiger partial charge is 0.139 e. The Kier molecular flexibility index (Phi) is 5.67. The third-order valence-electron chi connectivity index (χ3n) is 3.07. The van der Waals surface area contributed by atoms with E-state index in [1.807, 2.05) is 49.4 Å². The third kappa shape index (κ3) is 3.99. The molecule has 0 aliphatic rings. The second-order valence-electron chi connectivity index (χ2n) is 4.73. The van der Waals surface area contributed by atoms with E-state index in [1.54, 1.807) is 7.11 Å². The van der Waals surface area contributed by atoms with Gasteiger partial charge in [-0.15, -0.1) is 0 Å². The highest BCUT2D eigenvalue weighted by molar-refractivity contribution is 9.11. The topological polar surface area (TPSA) is 44.5 Å². The fraction of sp³-hybridized carbons (Fsp3) is 0.250. The van der Waals surface area contributed by atoms with Crippen LogP contribution in [0.25, 0.3) is 0 Å². The van der Waals surface area contributed by atoms with Crippen molar-refractivity contribution in [1.29, 1.82) is 0 Å². The zero-order chi connectivity index (χ0) is 15.4. The monoisotopic (exact) mass is 413 g/mol. The highest BCUT2D eigenvalue weighted by Crippen LogP contribution is 2.38. The lowest BCUT2D eigenvalue weighted by atomic mass is 10.0. The Bertz CT molecular complexity index is 603. The predicted octanol–water partition coefficient (Wildman–Crippen LogP) is 4.69. The van der Waals surface area contributed by atoms with Crippen molar-refractivity contribution in [2.45, 2.75) is 19.1 Å². The lowest BCUT2D eigenvalue weighted by molar-refractivity contribution is 0.179. The zero-order valence-corrected chi connectivity index (χ0v) is 15.0. The molecule has 2 atom stereocenters. The molecule has 0 saturated heterocycles. The van der Waals surface area contributed by atoms with Gasteiger partial charge < -0.3 is 15.2 Å². The molecule has 21 heavy (non-hydrogen) atoms. The van der Waals surface area contributed by atoms with Gasteiger partial charge >= 0.3 is 0 Å². The van der Waals surface area contributed by atoms with Gasteiger partial charge in [0.05, 0.1) is 16.1 Å². The Morgan fingerprint density at radius 2 is 1.57 bits per heavy atom. The summed E-state index contributed by atoms with van der Waals surface area (Å²) in [5, 5.41) is 0. The van der Waals surface area contributed by atoms with Crippen molar-refractivity contribution in [1.82, 2.24) is 0 Å². The molecule has 5 heteroatoms. The van der Waals surface area contributed by atoms with Gasteiger partial charge in [0.25, 0.3) is 0 Å². The molecule has 0 radical (unpaired) electrons. The van der Waals surface area contributed by atoms with Crippen LogP contribution in [-0.2, 0) is 0 Å². The summed E-state index contributed by atoms with van der Waals surface area (Å²) in [6.07, 6.45) is -0.220. The average molecular weight is 415 g/mol. The molecule has 2 N–H and O–H groups in total. The van der Waals surface area contributed by atoms with Crippen molar-refractivity contribution in [2.75, 3.05) is 7.11 Å².